The Morgan fingerprint density at radius 2 is 1.76 bits per heavy atom. The minimum Gasteiger partial charge on any atom is -0.324 e. The van der Waals surface area contributed by atoms with Crippen LogP contribution in [0.3, 0.4) is 0 Å². The number of piperazine rings is 1. The lowest BCUT2D eigenvalue weighted by Gasteiger charge is -2.35. The fourth-order valence-corrected chi connectivity index (χ4v) is 6.69. The monoisotopic (exact) mass is 482 g/mol. The van der Waals surface area contributed by atoms with Crippen molar-refractivity contribution in [2.45, 2.75) is 43.5 Å². The van der Waals surface area contributed by atoms with Crippen LogP contribution in [-0.4, -0.2) is 68.2 Å². The van der Waals surface area contributed by atoms with E-state index in [-0.39, 0.29) is 30.8 Å². The summed E-state index contributed by atoms with van der Waals surface area (Å²) >= 11 is 0. The second-order valence-corrected chi connectivity index (χ2v) is 11.3. The molecule has 34 heavy (non-hydrogen) atoms. The summed E-state index contributed by atoms with van der Waals surface area (Å²) in [5.41, 5.74) is 3.73. The first kappa shape index (κ1) is 23.0. The van der Waals surface area contributed by atoms with E-state index in [0.717, 1.165) is 24.8 Å². The number of anilines is 2. The van der Waals surface area contributed by atoms with Gasteiger partial charge in [0.25, 0.3) is 0 Å². The Morgan fingerprint density at radius 1 is 1.03 bits per heavy atom. The van der Waals surface area contributed by atoms with Crippen LogP contribution in [0.5, 0.6) is 0 Å². The summed E-state index contributed by atoms with van der Waals surface area (Å²) in [6.45, 7) is 3.71. The molecular formula is C25H30N4O4S. The molecule has 2 heterocycles. The number of aryl methyl sites for hydroxylation is 2. The van der Waals surface area contributed by atoms with Gasteiger partial charge in [0.05, 0.1) is 22.8 Å². The molecule has 2 aliphatic heterocycles. The van der Waals surface area contributed by atoms with E-state index in [1.165, 1.54) is 9.87 Å². The maximum Gasteiger partial charge on any atom is 0.243 e. The highest BCUT2D eigenvalue weighted by Crippen LogP contribution is 2.31. The standard InChI is InChI=1S/C25H30N4O4S/c1-18-15-24(30)26-22-7-2-3-8-23(22)29(18)25(31)17-27-11-13-28(14-12-27)34(32,33)21-10-9-19-5-4-6-20(19)16-21/h2-3,7-10,16,18H,4-6,11-15,17H2,1H3,(H,26,30)/t18-/m0/s1. The van der Waals surface area contributed by atoms with E-state index in [2.05, 4.69) is 5.32 Å². The zero-order chi connectivity index (χ0) is 23.9. The first-order valence-corrected chi connectivity index (χ1v) is 13.3. The molecule has 0 unspecified atom stereocenters. The quantitative estimate of drug-likeness (QED) is 0.722. The second kappa shape index (κ2) is 9.13. The maximum absolute atomic E-state index is 13.3. The Hall–Kier alpha value is -2.75. The minimum atomic E-state index is -3.55. The van der Waals surface area contributed by atoms with Crippen molar-refractivity contribution < 1.29 is 18.0 Å². The normalized spacial score (nSPS) is 21.5. The number of rotatable bonds is 4. The number of amides is 2. The van der Waals surface area contributed by atoms with E-state index in [0.29, 0.717) is 42.4 Å². The van der Waals surface area contributed by atoms with Gasteiger partial charge in [0, 0.05) is 38.6 Å². The number of para-hydroxylation sites is 2. The number of nitrogens with one attached hydrogen (secondary N) is 1. The van der Waals surface area contributed by atoms with Crippen molar-refractivity contribution in [1.29, 1.82) is 0 Å². The van der Waals surface area contributed by atoms with Gasteiger partial charge < -0.3 is 10.2 Å². The number of fused-ring (bicyclic) bond motifs is 2. The van der Waals surface area contributed by atoms with Gasteiger partial charge in [0.1, 0.15) is 0 Å². The highest BCUT2D eigenvalue weighted by atomic mass is 32.2. The van der Waals surface area contributed by atoms with Crippen molar-refractivity contribution in [1.82, 2.24) is 9.21 Å². The molecule has 180 valence electrons. The molecule has 2 aromatic rings. The molecule has 0 spiro atoms. The van der Waals surface area contributed by atoms with Crippen molar-refractivity contribution in [3.8, 4) is 0 Å². The Bertz CT molecular complexity index is 1220. The number of hydrogen-bond donors (Lipinski definition) is 1. The van der Waals surface area contributed by atoms with Gasteiger partial charge in [-0.1, -0.05) is 18.2 Å². The molecule has 1 fully saturated rings. The third kappa shape index (κ3) is 4.35. The summed E-state index contributed by atoms with van der Waals surface area (Å²) in [6.07, 6.45) is 3.27. The zero-order valence-electron chi connectivity index (χ0n) is 19.4. The predicted molar refractivity (Wildman–Crippen MR) is 130 cm³/mol. The average Bonchev–Trinajstić information content (AvgIpc) is 3.23. The molecule has 1 atom stereocenters. The molecule has 0 aromatic heterocycles. The molecule has 1 N–H and O–H groups in total. The molecule has 3 aliphatic rings. The van der Waals surface area contributed by atoms with Crippen LogP contribution in [-0.2, 0) is 32.5 Å². The van der Waals surface area contributed by atoms with Gasteiger partial charge in [0.2, 0.25) is 21.8 Å². The number of carbonyl (C=O) groups is 2. The van der Waals surface area contributed by atoms with Gasteiger partial charge in [-0.2, -0.15) is 4.31 Å². The molecular weight excluding hydrogens is 452 g/mol. The Balaban J connectivity index is 1.25. The van der Waals surface area contributed by atoms with Crippen LogP contribution in [0, 0.1) is 0 Å². The van der Waals surface area contributed by atoms with E-state index in [9.17, 15) is 18.0 Å². The van der Waals surface area contributed by atoms with Crippen LogP contribution >= 0.6 is 0 Å². The van der Waals surface area contributed by atoms with Crippen LogP contribution in [0.2, 0.25) is 0 Å². The van der Waals surface area contributed by atoms with Gasteiger partial charge in [-0.3, -0.25) is 14.5 Å². The van der Waals surface area contributed by atoms with Crippen molar-refractivity contribution in [2.24, 2.45) is 0 Å². The average molecular weight is 483 g/mol. The molecule has 8 nitrogen and oxygen atoms in total. The van der Waals surface area contributed by atoms with Gasteiger partial charge in [-0.15, -0.1) is 0 Å². The highest BCUT2D eigenvalue weighted by Gasteiger charge is 2.33. The molecule has 0 bridgehead atoms. The van der Waals surface area contributed by atoms with Gasteiger partial charge in [0.15, 0.2) is 0 Å². The molecule has 9 heteroatoms. The van der Waals surface area contributed by atoms with Crippen LogP contribution in [0.25, 0.3) is 0 Å². The third-order valence-corrected chi connectivity index (χ3v) is 8.92. The summed E-state index contributed by atoms with van der Waals surface area (Å²) in [4.78, 5) is 29.6. The second-order valence-electron chi connectivity index (χ2n) is 9.35. The SMILES string of the molecule is C[C@H]1CC(=O)Nc2ccccc2N1C(=O)CN1CCN(S(=O)(=O)c2ccc3c(c2)CCC3)CC1. The third-order valence-electron chi connectivity index (χ3n) is 7.03. The van der Waals surface area contributed by atoms with Crippen molar-refractivity contribution >= 4 is 33.2 Å². The molecule has 2 amide bonds. The first-order chi connectivity index (χ1) is 16.3. The van der Waals surface area contributed by atoms with E-state index in [1.807, 2.05) is 42.2 Å². The Labute approximate surface area is 200 Å². The van der Waals surface area contributed by atoms with Crippen molar-refractivity contribution in [3.05, 3.63) is 53.6 Å². The molecule has 0 radical (unpaired) electrons. The Morgan fingerprint density at radius 3 is 2.56 bits per heavy atom. The van der Waals surface area contributed by atoms with Gasteiger partial charge in [-0.25, -0.2) is 8.42 Å². The summed E-state index contributed by atoms with van der Waals surface area (Å²) < 4.78 is 27.9. The zero-order valence-corrected chi connectivity index (χ0v) is 20.2. The summed E-state index contributed by atoms with van der Waals surface area (Å²) in [5.74, 6) is -0.202. The molecule has 2 aromatic carbocycles. The van der Waals surface area contributed by atoms with E-state index in [4.69, 9.17) is 0 Å². The maximum atomic E-state index is 13.3. The lowest BCUT2D eigenvalue weighted by Crippen LogP contribution is -2.52. The van der Waals surface area contributed by atoms with E-state index < -0.39 is 10.0 Å². The summed E-state index contributed by atoms with van der Waals surface area (Å²) in [5, 5.41) is 2.87. The van der Waals surface area contributed by atoms with E-state index >= 15 is 0 Å². The smallest absolute Gasteiger partial charge is 0.243 e. The number of carbonyl (C=O) groups excluding carboxylic acids is 2. The topological polar surface area (TPSA) is 90.0 Å². The fraction of sp³-hybridized carbons (Fsp3) is 0.440. The lowest BCUT2D eigenvalue weighted by molar-refractivity contribution is -0.120. The van der Waals surface area contributed by atoms with Crippen LogP contribution in [0.4, 0.5) is 11.4 Å². The summed E-state index contributed by atoms with van der Waals surface area (Å²) in [6, 6.07) is 12.6. The van der Waals surface area contributed by atoms with Gasteiger partial charge >= 0.3 is 0 Å². The molecule has 1 saturated heterocycles. The number of nitrogens with zero attached hydrogens (tertiary/aromatic N) is 3. The Kier molecular flexibility index (Phi) is 6.18. The molecule has 5 rings (SSSR count). The number of hydrogen-bond acceptors (Lipinski definition) is 5. The lowest BCUT2D eigenvalue weighted by atomic mass is 10.1. The van der Waals surface area contributed by atoms with E-state index in [1.54, 1.807) is 17.0 Å². The van der Waals surface area contributed by atoms with Crippen molar-refractivity contribution in [2.75, 3.05) is 42.9 Å². The predicted octanol–water partition coefficient (Wildman–Crippen LogP) is 2.25. The summed E-state index contributed by atoms with van der Waals surface area (Å²) in [7, 11) is -3.55. The largest absolute Gasteiger partial charge is 0.324 e. The molecule has 1 aliphatic carbocycles. The number of sulfonamides is 1. The minimum absolute atomic E-state index is 0.0913. The number of benzene rings is 2. The van der Waals surface area contributed by atoms with Crippen LogP contribution < -0.4 is 10.2 Å². The first-order valence-electron chi connectivity index (χ1n) is 11.9. The molecule has 0 saturated carbocycles. The fourth-order valence-electron chi connectivity index (χ4n) is 5.22. The highest BCUT2D eigenvalue weighted by molar-refractivity contribution is 7.89. The van der Waals surface area contributed by atoms with Crippen molar-refractivity contribution in [3.63, 3.8) is 0 Å². The van der Waals surface area contributed by atoms with Crippen LogP contribution in [0.15, 0.2) is 47.4 Å². The van der Waals surface area contributed by atoms with Crippen LogP contribution in [0.1, 0.15) is 30.9 Å². The van der Waals surface area contributed by atoms with Gasteiger partial charge in [-0.05, 0) is 61.6 Å².